The van der Waals surface area contributed by atoms with Crippen LogP contribution < -0.4 is 5.32 Å². The number of likely N-dealkylation sites (tertiary alicyclic amines) is 1. The van der Waals surface area contributed by atoms with Crippen molar-refractivity contribution in [1.29, 1.82) is 0 Å². The molecule has 0 bridgehead atoms. The molecule has 0 aliphatic carbocycles. The lowest BCUT2D eigenvalue weighted by Crippen LogP contribution is -2.44. The molecular formula is C19H25N5O3. The fourth-order valence-electron chi connectivity index (χ4n) is 3.69. The molecule has 2 aliphatic rings. The van der Waals surface area contributed by atoms with Crippen molar-refractivity contribution in [2.75, 3.05) is 13.2 Å². The Hall–Kier alpha value is -2.48. The van der Waals surface area contributed by atoms with Crippen LogP contribution in [0.3, 0.4) is 0 Å². The van der Waals surface area contributed by atoms with E-state index in [1.807, 2.05) is 17.9 Å². The molecule has 1 N–H and O–H groups in total. The van der Waals surface area contributed by atoms with E-state index in [0.29, 0.717) is 24.9 Å². The van der Waals surface area contributed by atoms with E-state index in [4.69, 9.17) is 9.15 Å². The van der Waals surface area contributed by atoms with Crippen LogP contribution in [0.1, 0.15) is 67.2 Å². The van der Waals surface area contributed by atoms with E-state index in [2.05, 4.69) is 20.5 Å². The number of rotatable bonds is 4. The second-order valence-electron chi connectivity index (χ2n) is 7.15. The highest BCUT2D eigenvalue weighted by Crippen LogP contribution is 2.33. The first-order valence-corrected chi connectivity index (χ1v) is 9.61. The van der Waals surface area contributed by atoms with Gasteiger partial charge >= 0.3 is 6.03 Å². The highest BCUT2D eigenvalue weighted by molar-refractivity contribution is 5.74. The average Bonchev–Trinajstić information content (AvgIpc) is 3.39. The summed E-state index contributed by atoms with van der Waals surface area (Å²) in [6.07, 6.45) is 8.19. The Morgan fingerprint density at radius 2 is 2.15 bits per heavy atom. The summed E-state index contributed by atoms with van der Waals surface area (Å²) in [5, 5.41) is 11.4. The first-order chi connectivity index (χ1) is 13.2. The van der Waals surface area contributed by atoms with Gasteiger partial charge in [-0.25, -0.2) is 4.79 Å². The standard InChI is InChI=1S/C19H25N5O3/c1-13-11-20-8-7-14(13)12-21-19(25)24-9-3-2-5-15(24)17-22-23-18(27-17)16-6-4-10-26-16/h7-8,11,15-16H,2-6,9-10,12H2,1H3,(H,21,25)/t15?,16-/m1/s1. The molecule has 144 valence electrons. The zero-order valence-electron chi connectivity index (χ0n) is 15.6. The van der Waals surface area contributed by atoms with Gasteiger partial charge in [-0.1, -0.05) is 0 Å². The summed E-state index contributed by atoms with van der Waals surface area (Å²) in [4.78, 5) is 18.7. The van der Waals surface area contributed by atoms with Gasteiger partial charge in [-0.05, 0) is 56.2 Å². The molecule has 4 heterocycles. The molecule has 27 heavy (non-hydrogen) atoms. The lowest BCUT2D eigenvalue weighted by Gasteiger charge is -2.33. The molecule has 4 rings (SSSR count). The highest BCUT2D eigenvalue weighted by Gasteiger charge is 2.33. The molecule has 2 fully saturated rings. The number of nitrogens with one attached hydrogen (secondary N) is 1. The lowest BCUT2D eigenvalue weighted by molar-refractivity contribution is 0.0837. The van der Waals surface area contributed by atoms with Gasteiger partial charge < -0.3 is 19.4 Å². The fraction of sp³-hybridized carbons (Fsp3) is 0.579. The van der Waals surface area contributed by atoms with E-state index in [1.54, 1.807) is 12.4 Å². The summed E-state index contributed by atoms with van der Waals surface area (Å²) in [6.45, 7) is 3.88. The molecule has 0 saturated carbocycles. The Morgan fingerprint density at radius 1 is 1.26 bits per heavy atom. The van der Waals surface area contributed by atoms with E-state index in [9.17, 15) is 4.79 Å². The first kappa shape index (κ1) is 17.9. The van der Waals surface area contributed by atoms with E-state index in [-0.39, 0.29) is 18.2 Å². The number of pyridine rings is 1. The minimum Gasteiger partial charge on any atom is -0.420 e. The SMILES string of the molecule is Cc1cnccc1CNC(=O)N1CCCCC1c1nnc([C@H]2CCCO2)o1. The van der Waals surface area contributed by atoms with Gasteiger partial charge in [-0.3, -0.25) is 4.98 Å². The van der Waals surface area contributed by atoms with Crippen LogP contribution in [-0.4, -0.2) is 39.3 Å². The van der Waals surface area contributed by atoms with Crippen molar-refractivity contribution < 1.29 is 13.9 Å². The van der Waals surface area contributed by atoms with Crippen LogP contribution in [0.4, 0.5) is 4.79 Å². The Kier molecular flexibility index (Phi) is 5.33. The third kappa shape index (κ3) is 3.95. The molecular weight excluding hydrogens is 346 g/mol. The monoisotopic (exact) mass is 371 g/mol. The number of hydrogen-bond donors (Lipinski definition) is 1. The Morgan fingerprint density at radius 3 is 2.96 bits per heavy atom. The van der Waals surface area contributed by atoms with Gasteiger partial charge in [0, 0.05) is 32.1 Å². The zero-order valence-corrected chi connectivity index (χ0v) is 15.6. The molecule has 2 amide bonds. The summed E-state index contributed by atoms with van der Waals surface area (Å²) in [6, 6.07) is 1.64. The van der Waals surface area contributed by atoms with Crippen LogP contribution in [-0.2, 0) is 11.3 Å². The summed E-state index contributed by atoms with van der Waals surface area (Å²) in [7, 11) is 0. The molecule has 0 aromatic carbocycles. The van der Waals surface area contributed by atoms with Gasteiger partial charge in [0.2, 0.25) is 11.8 Å². The van der Waals surface area contributed by atoms with Crippen LogP contribution in [0, 0.1) is 6.92 Å². The number of nitrogens with zero attached hydrogens (tertiary/aromatic N) is 4. The van der Waals surface area contributed by atoms with Gasteiger partial charge in [-0.15, -0.1) is 10.2 Å². The number of amides is 2. The van der Waals surface area contributed by atoms with Crippen molar-refractivity contribution >= 4 is 6.03 Å². The van der Waals surface area contributed by atoms with E-state index < -0.39 is 0 Å². The molecule has 8 heteroatoms. The number of piperidine rings is 1. The second kappa shape index (κ2) is 8.04. The number of aromatic nitrogens is 3. The maximum absolute atomic E-state index is 12.8. The molecule has 0 spiro atoms. The third-order valence-electron chi connectivity index (χ3n) is 5.28. The summed E-state index contributed by atoms with van der Waals surface area (Å²) >= 11 is 0. The third-order valence-corrected chi connectivity index (χ3v) is 5.28. The van der Waals surface area contributed by atoms with Crippen LogP contribution in [0.25, 0.3) is 0 Å². The number of urea groups is 1. The molecule has 1 unspecified atom stereocenters. The van der Waals surface area contributed by atoms with Crippen molar-refractivity contribution in [3.8, 4) is 0 Å². The number of carbonyl (C=O) groups is 1. The van der Waals surface area contributed by atoms with Crippen LogP contribution in [0.15, 0.2) is 22.9 Å². The molecule has 8 nitrogen and oxygen atoms in total. The molecule has 2 aromatic heterocycles. The van der Waals surface area contributed by atoms with Crippen LogP contribution in [0.2, 0.25) is 0 Å². The maximum Gasteiger partial charge on any atom is 0.318 e. The number of hydrogen-bond acceptors (Lipinski definition) is 6. The largest absolute Gasteiger partial charge is 0.420 e. The average molecular weight is 371 g/mol. The van der Waals surface area contributed by atoms with Gasteiger partial charge in [0.15, 0.2) is 0 Å². The van der Waals surface area contributed by atoms with Crippen molar-refractivity contribution in [1.82, 2.24) is 25.4 Å². The van der Waals surface area contributed by atoms with Gasteiger partial charge in [0.05, 0.1) is 0 Å². The van der Waals surface area contributed by atoms with Crippen molar-refractivity contribution in [2.24, 2.45) is 0 Å². The molecule has 2 aliphatic heterocycles. The highest BCUT2D eigenvalue weighted by atomic mass is 16.5. The molecule has 2 atom stereocenters. The summed E-state index contributed by atoms with van der Waals surface area (Å²) in [5.41, 5.74) is 2.12. The van der Waals surface area contributed by atoms with Gasteiger partial charge in [0.25, 0.3) is 0 Å². The Labute approximate surface area is 158 Å². The summed E-state index contributed by atoms with van der Waals surface area (Å²) in [5.74, 6) is 1.04. The minimum atomic E-state index is -0.181. The second-order valence-corrected chi connectivity index (χ2v) is 7.15. The topological polar surface area (TPSA) is 93.4 Å². The number of aryl methyl sites for hydroxylation is 1. The zero-order chi connectivity index (χ0) is 18.6. The molecule has 0 radical (unpaired) electrons. The van der Waals surface area contributed by atoms with E-state index in [0.717, 1.165) is 49.8 Å². The van der Waals surface area contributed by atoms with Gasteiger partial charge in [-0.2, -0.15) is 0 Å². The van der Waals surface area contributed by atoms with E-state index in [1.165, 1.54) is 0 Å². The molecule has 2 aromatic rings. The smallest absolute Gasteiger partial charge is 0.318 e. The number of carbonyl (C=O) groups excluding carboxylic acids is 1. The lowest BCUT2D eigenvalue weighted by atomic mass is 10.0. The van der Waals surface area contributed by atoms with Crippen molar-refractivity contribution in [3.05, 3.63) is 41.4 Å². The van der Waals surface area contributed by atoms with Gasteiger partial charge in [0.1, 0.15) is 12.1 Å². The minimum absolute atomic E-state index is 0.104. The Bertz CT molecular complexity index is 787. The predicted octanol–water partition coefficient (Wildman–Crippen LogP) is 3.06. The van der Waals surface area contributed by atoms with Crippen molar-refractivity contribution in [3.63, 3.8) is 0 Å². The number of ether oxygens (including phenoxy) is 1. The normalized spacial score (nSPS) is 22.8. The Balaban J connectivity index is 1.44. The molecule has 2 saturated heterocycles. The first-order valence-electron chi connectivity index (χ1n) is 9.61. The fourth-order valence-corrected chi connectivity index (χ4v) is 3.69. The maximum atomic E-state index is 12.8. The van der Waals surface area contributed by atoms with Crippen molar-refractivity contribution in [2.45, 2.75) is 57.7 Å². The summed E-state index contributed by atoms with van der Waals surface area (Å²) < 4.78 is 11.5. The predicted molar refractivity (Wildman–Crippen MR) is 96.7 cm³/mol. The van der Waals surface area contributed by atoms with Crippen LogP contribution >= 0.6 is 0 Å². The van der Waals surface area contributed by atoms with Crippen LogP contribution in [0.5, 0.6) is 0 Å². The van der Waals surface area contributed by atoms with E-state index >= 15 is 0 Å². The quantitative estimate of drug-likeness (QED) is 0.888.